The van der Waals surface area contributed by atoms with Crippen molar-refractivity contribution < 1.29 is 4.79 Å². The molecule has 1 aliphatic carbocycles. The third-order valence-electron chi connectivity index (χ3n) is 7.88. The van der Waals surface area contributed by atoms with Gasteiger partial charge in [-0.2, -0.15) is 5.10 Å². The number of fused-ring (bicyclic) bond motifs is 2. The van der Waals surface area contributed by atoms with Gasteiger partial charge in [0, 0.05) is 49.1 Å². The first-order valence-corrected chi connectivity index (χ1v) is 12.9. The van der Waals surface area contributed by atoms with Crippen LogP contribution in [-0.4, -0.2) is 51.1 Å². The number of hydrogen-bond donors (Lipinski definition) is 1. The third-order valence-corrected chi connectivity index (χ3v) is 7.88. The van der Waals surface area contributed by atoms with Crippen molar-refractivity contribution in [1.29, 1.82) is 0 Å². The Bertz CT molecular complexity index is 1230. The number of benzene rings is 1. The maximum absolute atomic E-state index is 13.8. The molecule has 2 aromatic heterocycles. The quantitative estimate of drug-likeness (QED) is 0.645. The molecule has 3 aromatic rings. The zero-order valence-corrected chi connectivity index (χ0v) is 20.0. The number of aryl methyl sites for hydroxylation is 2. The van der Waals surface area contributed by atoms with Crippen molar-refractivity contribution in [1.82, 2.24) is 19.5 Å². The Morgan fingerprint density at radius 3 is 2.82 bits per heavy atom. The summed E-state index contributed by atoms with van der Waals surface area (Å²) < 4.78 is 1.88. The van der Waals surface area contributed by atoms with Crippen LogP contribution in [0.2, 0.25) is 0 Å². The second kappa shape index (κ2) is 8.69. The first-order chi connectivity index (χ1) is 16.6. The molecular weight excluding hydrogens is 424 g/mol. The van der Waals surface area contributed by atoms with E-state index in [0.717, 1.165) is 86.4 Å². The zero-order valence-electron chi connectivity index (χ0n) is 20.0. The number of nitrogens with two attached hydrogens (primary N) is 1. The molecule has 2 unspecified atom stereocenters. The second-order valence-electron chi connectivity index (χ2n) is 10.3. The third kappa shape index (κ3) is 3.76. The molecule has 34 heavy (non-hydrogen) atoms. The van der Waals surface area contributed by atoms with E-state index in [-0.39, 0.29) is 18.0 Å². The van der Waals surface area contributed by atoms with Gasteiger partial charge in [0.25, 0.3) is 5.91 Å². The van der Waals surface area contributed by atoms with Crippen LogP contribution in [0.3, 0.4) is 0 Å². The monoisotopic (exact) mass is 458 g/mol. The highest BCUT2D eigenvalue weighted by Crippen LogP contribution is 2.34. The fraction of sp³-hybridized carbons (Fsp3) is 0.519. The number of hydrogen-bond acceptors (Lipinski definition) is 5. The Labute approximate surface area is 200 Å². The molecule has 2 aliphatic heterocycles. The van der Waals surface area contributed by atoms with Gasteiger partial charge in [-0.25, -0.2) is 9.50 Å². The molecule has 6 rings (SSSR count). The van der Waals surface area contributed by atoms with E-state index in [4.69, 9.17) is 15.8 Å². The lowest BCUT2D eigenvalue weighted by atomic mass is 9.87. The summed E-state index contributed by atoms with van der Waals surface area (Å²) in [6, 6.07) is 8.56. The summed E-state index contributed by atoms with van der Waals surface area (Å²) in [7, 11) is 0. The number of anilines is 1. The lowest BCUT2D eigenvalue weighted by Crippen LogP contribution is -2.39. The largest absolute Gasteiger partial charge is 0.355 e. The van der Waals surface area contributed by atoms with Crippen molar-refractivity contribution >= 4 is 17.4 Å². The molecule has 7 nitrogen and oxygen atoms in total. The van der Waals surface area contributed by atoms with Crippen molar-refractivity contribution in [2.45, 2.75) is 70.4 Å². The lowest BCUT2D eigenvalue weighted by Gasteiger charge is -2.35. The Morgan fingerprint density at radius 2 is 1.97 bits per heavy atom. The fourth-order valence-corrected chi connectivity index (χ4v) is 6.10. The van der Waals surface area contributed by atoms with Gasteiger partial charge >= 0.3 is 0 Å². The number of aromatic nitrogens is 3. The van der Waals surface area contributed by atoms with E-state index in [0.29, 0.717) is 0 Å². The molecule has 1 amide bonds. The van der Waals surface area contributed by atoms with E-state index < -0.39 is 0 Å². The number of likely N-dealkylation sites (tertiary alicyclic amines) is 1. The van der Waals surface area contributed by atoms with E-state index in [1.165, 1.54) is 24.0 Å². The van der Waals surface area contributed by atoms with Crippen molar-refractivity contribution in [2.75, 3.05) is 24.5 Å². The standard InChI is InChI=1S/C27H34N6O/c1-18-16-33-25(29-26(18)31-14-12-20(28)17-31)15-23(30-33)24-11-4-5-13-32(24)27(34)22-10-6-8-19-7-2-3-9-21(19)22/h6,8,10,15-16,20,24H,2-5,7,9,11-14,17,28H2,1H3. The van der Waals surface area contributed by atoms with Crippen molar-refractivity contribution in [2.24, 2.45) is 5.73 Å². The summed E-state index contributed by atoms with van der Waals surface area (Å²) in [5.74, 6) is 1.16. The molecular formula is C27H34N6O. The molecule has 0 spiro atoms. The minimum Gasteiger partial charge on any atom is -0.355 e. The smallest absolute Gasteiger partial charge is 0.254 e. The molecule has 178 valence electrons. The maximum Gasteiger partial charge on any atom is 0.254 e. The van der Waals surface area contributed by atoms with E-state index in [9.17, 15) is 4.79 Å². The predicted octanol–water partition coefficient (Wildman–Crippen LogP) is 3.82. The van der Waals surface area contributed by atoms with Crippen LogP contribution in [-0.2, 0) is 12.8 Å². The van der Waals surface area contributed by atoms with Gasteiger partial charge < -0.3 is 15.5 Å². The SMILES string of the molecule is Cc1cn2nc(C3CCCCN3C(=O)c3cccc4c3CCCC4)cc2nc1N1CCC(N)C1. The highest BCUT2D eigenvalue weighted by atomic mass is 16.2. The van der Waals surface area contributed by atoms with Crippen LogP contribution in [0.15, 0.2) is 30.5 Å². The normalized spacial score (nSPS) is 22.9. The maximum atomic E-state index is 13.8. The van der Waals surface area contributed by atoms with Gasteiger partial charge in [0.15, 0.2) is 5.65 Å². The van der Waals surface area contributed by atoms with Gasteiger partial charge in [0.05, 0.1) is 11.7 Å². The molecule has 7 heteroatoms. The molecule has 2 saturated heterocycles. The molecule has 2 fully saturated rings. The number of carbonyl (C=O) groups is 1. The van der Waals surface area contributed by atoms with E-state index in [1.807, 2.05) is 10.6 Å². The Hall–Kier alpha value is -2.93. The van der Waals surface area contributed by atoms with Crippen LogP contribution in [0, 0.1) is 6.92 Å². The van der Waals surface area contributed by atoms with Crippen molar-refractivity contribution in [3.05, 3.63) is 58.4 Å². The number of amides is 1. The highest BCUT2D eigenvalue weighted by molar-refractivity contribution is 5.96. The van der Waals surface area contributed by atoms with E-state index in [2.05, 4.69) is 41.1 Å². The summed E-state index contributed by atoms with van der Waals surface area (Å²) in [6.45, 7) is 4.65. The molecule has 3 aliphatic rings. The predicted molar refractivity (Wildman–Crippen MR) is 133 cm³/mol. The fourth-order valence-electron chi connectivity index (χ4n) is 6.10. The molecule has 0 saturated carbocycles. The van der Waals surface area contributed by atoms with Crippen molar-refractivity contribution in [3.8, 4) is 0 Å². The van der Waals surface area contributed by atoms with Gasteiger partial charge in [0.1, 0.15) is 5.82 Å². The average molecular weight is 459 g/mol. The Morgan fingerprint density at radius 1 is 1.09 bits per heavy atom. The molecule has 1 aromatic carbocycles. The Kier molecular flexibility index (Phi) is 5.52. The van der Waals surface area contributed by atoms with E-state index >= 15 is 0 Å². The minimum atomic E-state index is -0.00800. The van der Waals surface area contributed by atoms with Crippen LogP contribution in [0.4, 0.5) is 5.82 Å². The second-order valence-corrected chi connectivity index (χ2v) is 10.3. The molecule has 0 bridgehead atoms. The first-order valence-electron chi connectivity index (χ1n) is 12.9. The summed E-state index contributed by atoms with van der Waals surface area (Å²) in [5.41, 5.74) is 12.5. The number of rotatable bonds is 3. The number of piperidine rings is 1. The number of carbonyl (C=O) groups excluding carboxylic acids is 1. The van der Waals surface area contributed by atoms with Crippen LogP contribution >= 0.6 is 0 Å². The molecule has 2 N–H and O–H groups in total. The van der Waals surface area contributed by atoms with Crippen LogP contribution < -0.4 is 10.6 Å². The van der Waals surface area contributed by atoms with Crippen LogP contribution in [0.1, 0.15) is 77.3 Å². The number of nitrogens with zero attached hydrogens (tertiary/aromatic N) is 5. The summed E-state index contributed by atoms with van der Waals surface area (Å²) >= 11 is 0. The minimum absolute atomic E-state index is 0.00800. The molecule has 2 atom stereocenters. The average Bonchev–Trinajstić information content (AvgIpc) is 3.48. The molecule has 4 heterocycles. The topological polar surface area (TPSA) is 79.8 Å². The van der Waals surface area contributed by atoms with Crippen LogP contribution in [0.5, 0.6) is 0 Å². The van der Waals surface area contributed by atoms with Crippen molar-refractivity contribution in [3.63, 3.8) is 0 Å². The van der Waals surface area contributed by atoms with Crippen LogP contribution in [0.25, 0.3) is 5.65 Å². The van der Waals surface area contributed by atoms with Gasteiger partial charge in [-0.3, -0.25) is 4.79 Å². The molecule has 0 radical (unpaired) electrons. The lowest BCUT2D eigenvalue weighted by molar-refractivity contribution is 0.0604. The highest BCUT2D eigenvalue weighted by Gasteiger charge is 2.32. The van der Waals surface area contributed by atoms with Gasteiger partial charge in [0.2, 0.25) is 0 Å². The summed E-state index contributed by atoms with van der Waals surface area (Å²) in [4.78, 5) is 23.2. The van der Waals surface area contributed by atoms with Gasteiger partial charge in [-0.15, -0.1) is 0 Å². The van der Waals surface area contributed by atoms with Gasteiger partial charge in [-0.05, 0) is 75.5 Å². The summed E-state index contributed by atoms with van der Waals surface area (Å²) in [6.07, 6.45) is 10.6. The Balaban J connectivity index is 1.33. The first kappa shape index (κ1) is 21.6. The zero-order chi connectivity index (χ0) is 23.2. The van der Waals surface area contributed by atoms with Gasteiger partial charge in [-0.1, -0.05) is 12.1 Å². The summed E-state index contributed by atoms with van der Waals surface area (Å²) in [5, 5.41) is 4.91. The van der Waals surface area contributed by atoms with E-state index in [1.54, 1.807) is 0 Å².